The molecule has 0 bridgehead atoms. The standard InChI is InChI=1S/C35H48N2O6.C31H39NO5.C29H37NO4.C25H30N2O5/c1-4-7-10-26(38)11-8-12-27(39)20-24-15-17-28-29-18-16-25(37-34(41)14-9-13-33(40)36-19-5-2)22-31(29)32(30(28)21-24)23-43-35(42)6-3;1-4-7-13-28(34)25-12-9-11-23-27(20-37-30(36)6-3)26-19-21(15-16-24(26)31(23)25)18-22(33)10-8-14-29(35)32-17-5-2;1-4-7-13-26(31)23-12-9-11-21-25(19-34-28(33)6-3)24-18-20(15-16-22(24)29(21)23)10-8-14-27(32)30-17-5-2;1-4-11-31-15-24(29)27-17-8-10-19-18-9-7-16(26-23(28)5-2)12-20(18)22(21(19)13-17)14-32-25(30)6-3/h15-17,21-22,29,32H,4-14,18-20,23H2,1-3H3,(H,36,40)(H,37,41);9,11-12,15-16,19,27H,4-8,10,13-14,17-18,20H2,1-3H3,(H,32,35);9,11-12,15-16,18,25H,4-8,10,13-14,17,19H2,1-3H3,(H,30,32);7-10,12-13,22H,4-6,11,14-15H2,1-3H3,(H,26,28)(H,27,29). The second-order valence-corrected chi connectivity index (χ2v) is 38.0. The van der Waals surface area contributed by atoms with Gasteiger partial charge in [-0.3, -0.25) is 71.9 Å². The summed E-state index contributed by atoms with van der Waals surface area (Å²) in [6.07, 6.45) is 23.4. The lowest BCUT2D eigenvalue weighted by Crippen LogP contribution is -2.26. The molecule has 0 heterocycles. The number of carbonyl (C=O) groups is 15. The van der Waals surface area contributed by atoms with Crippen LogP contribution in [0.1, 0.15) is 387 Å². The Balaban J connectivity index is 0.000000218. The van der Waals surface area contributed by atoms with E-state index in [1.54, 1.807) is 34.6 Å². The van der Waals surface area contributed by atoms with E-state index in [1.807, 2.05) is 137 Å². The third kappa shape index (κ3) is 34.9. The summed E-state index contributed by atoms with van der Waals surface area (Å²) >= 11 is 0. The van der Waals surface area contributed by atoms with Crippen LogP contribution >= 0.6 is 0 Å². The van der Waals surface area contributed by atoms with Crippen molar-refractivity contribution in [1.82, 2.24) is 21.3 Å². The molecule has 0 radical (unpaired) electrons. The van der Waals surface area contributed by atoms with Gasteiger partial charge in [0.2, 0.25) is 35.4 Å². The summed E-state index contributed by atoms with van der Waals surface area (Å²) in [6.45, 7) is 26.5. The number of aryl methyl sites for hydroxylation is 1. The van der Waals surface area contributed by atoms with Gasteiger partial charge in [0.05, 0.1) is 0 Å². The van der Waals surface area contributed by atoms with E-state index in [2.05, 4.69) is 83.0 Å². The lowest BCUT2D eigenvalue weighted by molar-refractivity contribution is -0.144. The van der Waals surface area contributed by atoms with Crippen LogP contribution in [0.2, 0.25) is 0 Å². The number of rotatable bonds is 57. The number of unbranched alkanes of at least 4 members (excludes halogenated alkanes) is 3. The number of ether oxygens (including phenoxy) is 5. The second kappa shape index (κ2) is 61.5. The molecule has 26 nitrogen and oxygen atoms in total. The molecular weight excluding hydrogens is 1850 g/mol. The lowest BCUT2D eigenvalue weighted by atomic mass is 9.87. The van der Waals surface area contributed by atoms with Gasteiger partial charge in [0.1, 0.15) is 50.4 Å². The van der Waals surface area contributed by atoms with Crippen molar-refractivity contribution in [3.8, 4) is 33.4 Å². The molecule has 0 aliphatic heterocycles. The van der Waals surface area contributed by atoms with E-state index in [0.29, 0.717) is 159 Å². The van der Waals surface area contributed by atoms with Crippen LogP contribution in [0.5, 0.6) is 0 Å². The van der Waals surface area contributed by atoms with Gasteiger partial charge in [0.15, 0.2) is 11.6 Å². The van der Waals surface area contributed by atoms with Gasteiger partial charge in [-0.1, -0.05) is 212 Å². The van der Waals surface area contributed by atoms with E-state index in [9.17, 15) is 71.9 Å². The summed E-state index contributed by atoms with van der Waals surface area (Å²) in [4.78, 5) is 183. The van der Waals surface area contributed by atoms with Gasteiger partial charge in [0, 0.05) is 193 Å². The van der Waals surface area contributed by atoms with E-state index >= 15 is 0 Å². The molecule has 5 atom stereocenters. The Labute approximate surface area is 862 Å². The highest BCUT2D eigenvalue weighted by molar-refractivity contribution is 6.06. The predicted molar refractivity (Wildman–Crippen MR) is 570 cm³/mol. The van der Waals surface area contributed by atoms with E-state index in [0.717, 1.165) is 188 Å². The molecule has 5 unspecified atom stereocenters. The van der Waals surface area contributed by atoms with Crippen molar-refractivity contribution in [2.24, 2.45) is 0 Å². The van der Waals surface area contributed by atoms with E-state index in [4.69, 9.17) is 23.7 Å². The molecule has 0 saturated heterocycles. The highest BCUT2D eigenvalue weighted by Gasteiger charge is 2.40. The van der Waals surface area contributed by atoms with Crippen LogP contribution in [0.4, 0.5) is 11.4 Å². The second-order valence-electron chi connectivity index (χ2n) is 38.0. The molecular formula is C120H154N6O20. The molecule has 12 rings (SSSR count). The fourth-order valence-electron chi connectivity index (χ4n) is 18.9. The summed E-state index contributed by atoms with van der Waals surface area (Å²) in [5.41, 5.74) is 21.9. The Kier molecular flexibility index (Phi) is 49.1. The monoisotopic (exact) mass is 2000 g/mol. The molecule has 0 aromatic heterocycles. The number of benzene rings is 7. The zero-order valence-electron chi connectivity index (χ0n) is 88.0. The molecule has 146 heavy (non-hydrogen) atoms. The van der Waals surface area contributed by atoms with Crippen molar-refractivity contribution in [2.75, 3.05) is 69.9 Å². The Morgan fingerprint density at radius 2 is 0.712 bits per heavy atom. The van der Waals surface area contributed by atoms with Crippen molar-refractivity contribution in [2.45, 2.75) is 325 Å². The molecule has 5 aliphatic rings. The minimum atomic E-state index is -0.270. The van der Waals surface area contributed by atoms with Gasteiger partial charge in [-0.05, 0) is 214 Å². The third-order valence-corrected chi connectivity index (χ3v) is 26.7. The van der Waals surface area contributed by atoms with Crippen LogP contribution in [0, 0.1) is 0 Å². The number of fused-ring (bicyclic) bond motifs is 12. The molecule has 0 fully saturated rings. The SMILES string of the molecule is CCCCC(=O)CCCC(=O)Cc1ccc2c(c1)C(COC(=O)CC)C1=CC(NC(=O)CCCC(=O)NCCC)=CCC12.CCCCC(=O)c1cccc2c1-c1ccc(CC(=O)CCCC(=O)NCCC)cc1C2COC(=O)CC.CCCCC(=O)c1cccc2c1-c1ccc(CCCC(=O)NCCC)cc1C2COC(=O)CC.CCCOCC(=O)Nc1ccc2c(c1)C(COC(=O)CC)c1cc(NC(=O)CC)ccc1-2. The van der Waals surface area contributed by atoms with E-state index in [1.165, 1.54) is 0 Å². The van der Waals surface area contributed by atoms with Crippen LogP contribution < -0.4 is 31.9 Å². The highest BCUT2D eigenvalue weighted by Crippen LogP contribution is 2.53. The van der Waals surface area contributed by atoms with Gasteiger partial charge in [-0.25, -0.2) is 0 Å². The van der Waals surface area contributed by atoms with Crippen LogP contribution in [0.25, 0.3) is 33.4 Å². The number of anilines is 2. The molecule has 0 saturated carbocycles. The summed E-state index contributed by atoms with van der Waals surface area (Å²) in [5.74, 6) is -1.21. The first kappa shape index (κ1) is 117. The van der Waals surface area contributed by atoms with Crippen molar-refractivity contribution in [3.63, 3.8) is 0 Å². The smallest absolute Gasteiger partial charge is 0.305 e. The third-order valence-electron chi connectivity index (χ3n) is 26.7. The molecule has 6 amide bonds. The summed E-state index contributed by atoms with van der Waals surface area (Å²) in [7, 11) is 0. The molecule has 6 N–H and O–H groups in total. The van der Waals surface area contributed by atoms with Gasteiger partial charge >= 0.3 is 23.9 Å². The Morgan fingerprint density at radius 1 is 0.315 bits per heavy atom. The Hall–Kier alpha value is -13.0. The van der Waals surface area contributed by atoms with Crippen LogP contribution in [0.3, 0.4) is 0 Å². The van der Waals surface area contributed by atoms with Gasteiger partial charge in [-0.15, -0.1) is 0 Å². The maximum Gasteiger partial charge on any atom is 0.305 e. The number of Topliss-reactive ketones (excluding diaryl/α,β-unsaturated/α-hetero) is 5. The Morgan fingerprint density at radius 3 is 1.18 bits per heavy atom. The summed E-state index contributed by atoms with van der Waals surface area (Å²) < 4.78 is 27.5. The molecule has 7 aromatic carbocycles. The van der Waals surface area contributed by atoms with E-state index in [-0.39, 0.29) is 170 Å². The minimum absolute atomic E-state index is 0.00315. The highest BCUT2D eigenvalue weighted by atomic mass is 16.5. The molecule has 7 aromatic rings. The van der Waals surface area contributed by atoms with Crippen molar-refractivity contribution in [3.05, 3.63) is 223 Å². The molecule has 0 spiro atoms. The number of nitrogens with one attached hydrogen (secondary N) is 6. The van der Waals surface area contributed by atoms with Crippen molar-refractivity contribution < 1.29 is 95.6 Å². The first-order valence-corrected chi connectivity index (χ1v) is 53.5. The number of hydrogen-bond acceptors (Lipinski definition) is 20. The van der Waals surface area contributed by atoms with Gasteiger partial charge < -0.3 is 55.6 Å². The van der Waals surface area contributed by atoms with Gasteiger partial charge in [0.25, 0.3) is 0 Å². The number of amides is 6. The summed E-state index contributed by atoms with van der Waals surface area (Å²) in [6, 6.07) is 41.7. The number of hydrogen-bond donors (Lipinski definition) is 6. The van der Waals surface area contributed by atoms with Crippen LogP contribution in [-0.2, 0) is 105 Å². The predicted octanol–water partition coefficient (Wildman–Crippen LogP) is 22.3. The molecule has 26 heteroatoms. The quantitative estimate of drug-likeness (QED) is 0.00892. The first-order valence-electron chi connectivity index (χ1n) is 53.5. The van der Waals surface area contributed by atoms with Crippen LogP contribution in [0.15, 0.2) is 151 Å². The maximum atomic E-state index is 13.1. The average molecular weight is 2000 g/mol. The largest absolute Gasteiger partial charge is 0.465 e. The normalized spacial score (nSPS) is 14.6. The maximum absolute atomic E-state index is 13.1. The average Bonchev–Trinajstić information content (AvgIpc) is 1.60. The fourth-order valence-corrected chi connectivity index (χ4v) is 18.9. The van der Waals surface area contributed by atoms with Gasteiger partial charge in [-0.2, -0.15) is 0 Å². The number of ketones is 5. The topological polar surface area (TPSA) is 374 Å². The molecule has 784 valence electrons. The zero-order valence-corrected chi connectivity index (χ0v) is 88.0. The molecule has 5 aliphatic carbocycles. The number of carbonyl (C=O) groups excluding carboxylic acids is 15. The number of allylic oxidation sites excluding steroid dienone is 2. The Bertz CT molecular complexity index is 5780. The van der Waals surface area contributed by atoms with Crippen molar-refractivity contribution in [1.29, 1.82) is 0 Å². The van der Waals surface area contributed by atoms with Crippen LogP contribution in [-0.4, -0.2) is 148 Å². The summed E-state index contributed by atoms with van der Waals surface area (Å²) in [5, 5.41) is 17.3. The first-order chi connectivity index (χ1) is 70.6. The zero-order chi connectivity index (χ0) is 106. The van der Waals surface area contributed by atoms with E-state index < -0.39 is 0 Å². The minimum Gasteiger partial charge on any atom is -0.465 e. The lowest BCUT2D eigenvalue weighted by Gasteiger charge is -2.22. The fraction of sp³-hybridized carbons (Fsp3) is 0.492. The van der Waals surface area contributed by atoms with Crippen molar-refractivity contribution >= 4 is 99.6 Å². The number of esters is 4.